The summed E-state index contributed by atoms with van der Waals surface area (Å²) in [4.78, 5) is 32.9. The lowest BCUT2D eigenvalue weighted by atomic mass is 10.0. The van der Waals surface area contributed by atoms with Crippen LogP contribution in [0.25, 0.3) is 21.3 Å². The molecule has 152 valence electrons. The van der Waals surface area contributed by atoms with Gasteiger partial charge in [0.15, 0.2) is 6.04 Å². The molecule has 0 aliphatic carbocycles. The van der Waals surface area contributed by atoms with Crippen LogP contribution < -0.4 is 5.56 Å². The Morgan fingerprint density at radius 2 is 1.70 bits per heavy atom. The molecule has 0 amide bonds. The lowest BCUT2D eigenvalue weighted by Crippen LogP contribution is -2.33. The topological polar surface area (TPSA) is 61.2 Å². The predicted octanol–water partition coefficient (Wildman–Crippen LogP) is 4.81. The maximum atomic E-state index is 13.8. The first kappa shape index (κ1) is 20.0. The van der Waals surface area contributed by atoms with Crippen LogP contribution in [0.15, 0.2) is 59.4 Å². The maximum Gasteiger partial charge on any atom is 0.333 e. The molecule has 6 heteroatoms. The van der Waals surface area contributed by atoms with Crippen LogP contribution in [0.4, 0.5) is 0 Å². The van der Waals surface area contributed by atoms with Gasteiger partial charge in [-0.2, -0.15) is 0 Å². The van der Waals surface area contributed by atoms with Crippen molar-refractivity contribution in [2.45, 2.75) is 26.8 Å². The van der Waals surface area contributed by atoms with Gasteiger partial charge in [-0.25, -0.2) is 9.78 Å². The number of aryl methyl sites for hydroxylation is 3. The Balaban J connectivity index is 2.04. The summed E-state index contributed by atoms with van der Waals surface area (Å²) in [6, 6.07) is 16.4. The highest BCUT2D eigenvalue weighted by atomic mass is 32.1. The maximum absolute atomic E-state index is 13.8. The number of nitrogens with zero attached hydrogens (tertiary/aromatic N) is 2. The minimum atomic E-state index is -0.897. The molecule has 0 radical (unpaired) electrons. The summed E-state index contributed by atoms with van der Waals surface area (Å²) >= 11 is 1.50. The molecule has 0 spiro atoms. The van der Waals surface area contributed by atoms with Gasteiger partial charge >= 0.3 is 5.97 Å². The van der Waals surface area contributed by atoms with E-state index < -0.39 is 12.0 Å². The van der Waals surface area contributed by atoms with Crippen molar-refractivity contribution in [3.63, 3.8) is 0 Å². The zero-order valence-electron chi connectivity index (χ0n) is 17.3. The van der Waals surface area contributed by atoms with E-state index in [2.05, 4.69) is 0 Å². The lowest BCUT2D eigenvalue weighted by molar-refractivity contribution is -0.143. The fourth-order valence-corrected chi connectivity index (χ4v) is 4.87. The Hall–Kier alpha value is -3.25. The van der Waals surface area contributed by atoms with Crippen molar-refractivity contribution in [1.82, 2.24) is 9.55 Å². The zero-order chi connectivity index (χ0) is 21.4. The van der Waals surface area contributed by atoms with E-state index in [1.165, 1.54) is 23.0 Å². The summed E-state index contributed by atoms with van der Waals surface area (Å²) in [5.41, 5.74) is 3.43. The zero-order valence-corrected chi connectivity index (χ0v) is 18.1. The van der Waals surface area contributed by atoms with Crippen LogP contribution in [-0.4, -0.2) is 22.6 Å². The molecule has 5 nitrogen and oxygen atoms in total. The van der Waals surface area contributed by atoms with Gasteiger partial charge in [0, 0.05) is 10.4 Å². The van der Waals surface area contributed by atoms with E-state index in [9.17, 15) is 9.59 Å². The van der Waals surface area contributed by atoms with Gasteiger partial charge in [-0.1, -0.05) is 60.2 Å². The Morgan fingerprint density at radius 3 is 2.33 bits per heavy atom. The Bertz CT molecular complexity index is 1290. The Labute approximate surface area is 178 Å². The number of rotatable bonds is 4. The van der Waals surface area contributed by atoms with Crippen molar-refractivity contribution in [1.29, 1.82) is 0 Å². The second-order valence-electron chi connectivity index (χ2n) is 7.25. The van der Waals surface area contributed by atoms with Gasteiger partial charge in [-0.15, -0.1) is 11.3 Å². The molecule has 0 saturated carbocycles. The molecule has 0 aliphatic rings. The standard InChI is InChI=1S/C24H22N2O3S/c1-14-10-12-17(13-11-14)19-15(2)30-22-20(19)23(27)26(16(3)25-22)21(24(28)29-4)18-8-6-5-7-9-18/h5-13,21H,1-4H3. The predicted molar refractivity (Wildman–Crippen MR) is 120 cm³/mol. The first-order valence-corrected chi connectivity index (χ1v) is 10.5. The van der Waals surface area contributed by atoms with E-state index in [1.807, 2.05) is 68.4 Å². The largest absolute Gasteiger partial charge is 0.467 e. The van der Waals surface area contributed by atoms with Gasteiger partial charge in [0.2, 0.25) is 0 Å². The van der Waals surface area contributed by atoms with Gasteiger partial charge < -0.3 is 4.74 Å². The van der Waals surface area contributed by atoms with E-state index in [0.717, 1.165) is 21.6 Å². The van der Waals surface area contributed by atoms with E-state index in [1.54, 1.807) is 6.92 Å². The van der Waals surface area contributed by atoms with Crippen LogP contribution >= 0.6 is 11.3 Å². The second kappa shape index (κ2) is 7.88. The molecule has 4 rings (SSSR count). The van der Waals surface area contributed by atoms with Gasteiger partial charge in [0.1, 0.15) is 10.7 Å². The third-order valence-corrected chi connectivity index (χ3v) is 6.25. The molecule has 30 heavy (non-hydrogen) atoms. The Kier molecular flexibility index (Phi) is 5.26. The fraction of sp³-hybridized carbons (Fsp3) is 0.208. The molecule has 2 heterocycles. The van der Waals surface area contributed by atoms with E-state index >= 15 is 0 Å². The smallest absolute Gasteiger partial charge is 0.333 e. The highest BCUT2D eigenvalue weighted by molar-refractivity contribution is 7.19. The van der Waals surface area contributed by atoms with Crippen LogP contribution in [-0.2, 0) is 9.53 Å². The Morgan fingerprint density at radius 1 is 1.03 bits per heavy atom. The molecule has 2 aromatic heterocycles. The summed E-state index contributed by atoms with van der Waals surface area (Å²) < 4.78 is 6.50. The van der Waals surface area contributed by atoms with Crippen molar-refractivity contribution in [3.05, 3.63) is 86.8 Å². The molecule has 1 unspecified atom stereocenters. The molecular formula is C24H22N2O3S. The number of carbonyl (C=O) groups is 1. The normalized spacial score (nSPS) is 12.1. The number of esters is 1. The molecule has 0 saturated heterocycles. The monoisotopic (exact) mass is 418 g/mol. The number of aromatic nitrogens is 2. The van der Waals surface area contributed by atoms with Crippen LogP contribution in [0.2, 0.25) is 0 Å². The molecule has 4 aromatic rings. The average Bonchev–Trinajstić information content (AvgIpc) is 3.07. The van der Waals surface area contributed by atoms with E-state index in [4.69, 9.17) is 9.72 Å². The van der Waals surface area contributed by atoms with Gasteiger partial charge in [0.25, 0.3) is 5.56 Å². The van der Waals surface area contributed by atoms with Crippen molar-refractivity contribution in [3.8, 4) is 11.1 Å². The fourth-order valence-electron chi connectivity index (χ4n) is 3.78. The molecule has 1 atom stereocenters. The van der Waals surface area contributed by atoms with E-state index in [0.29, 0.717) is 21.6 Å². The number of benzene rings is 2. The molecule has 0 bridgehead atoms. The summed E-state index contributed by atoms with van der Waals surface area (Å²) in [7, 11) is 1.33. The summed E-state index contributed by atoms with van der Waals surface area (Å²) in [5.74, 6) is -0.0279. The van der Waals surface area contributed by atoms with Crippen molar-refractivity contribution < 1.29 is 9.53 Å². The number of hydrogen-bond acceptors (Lipinski definition) is 5. The SMILES string of the molecule is COC(=O)C(c1ccccc1)n1c(C)nc2sc(C)c(-c3ccc(C)cc3)c2c1=O. The lowest BCUT2D eigenvalue weighted by Gasteiger charge is -2.20. The second-order valence-corrected chi connectivity index (χ2v) is 8.45. The first-order chi connectivity index (χ1) is 14.4. The summed E-state index contributed by atoms with van der Waals surface area (Å²) in [6.07, 6.45) is 0. The van der Waals surface area contributed by atoms with Crippen LogP contribution in [0.3, 0.4) is 0 Å². The summed E-state index contributed by atoms with van der Waals surface area (Å²) in [5, 5.41) is 0.539. The quantitative estimate of drug-likeness (QED) is 0.446. The molecule has 0 fully saturated rings. The molecule has 2 aromatic carbocycles. The third kappa shape index (κ3) is 3.33. The minimum Gasteiger partial charge on any atom is -0.467 e. The van der Waals surface area contributed by atoms with Crippen LogP contribution in [0.1, 0.15) is 27.9 Å². The first-order valence-electron chi connectivity index (χ1n) is 9.64. The molecule has 0 aliphatic heterocycles. The van der Waals surface area contributed by atoms with Gasteiger partial charge in [-0.3, -0.25) is 9.36 Å². The van der Waals surface area contributed by atoms with Crippen molar-refractivity contribution in [2.75, 3.05) is 7.11 Å². The third-order valence-electron chi connectivity index (χ3n) is 5.25. The van der Waals surface area contributed by atoms with Crippen molar-refractivity contribution in [2.24, 2.45) is 0 Å². The molecular weight excluding hydrogens is 396 g/mol. The number of fused-ring (bicyclic) bond motifs is 1. The number of hydrogen-bond donors (Lipinski definition) is 0. The van der Waals surface area contributed by atoms with Crippen molar-refractivity contribution >= 4 is 27.5 Å². The van der Waals surface area contributed by atoms with Crippen LogP contribution in [0, 0.1) is 20.8 Å². The van der Waals surface area contributed by atoms with Gasteiger partial charge in [-0.05, 0) is 31.9 Å². The van der Waals surface area contributed by atoms with E-state index in [-0.39, 0.29) is 5.56 Å². The number of methoxy groups -OCH3 is 1. The highest BCUT2D eigenvalue weighted by Crippen LogP contribution is 2.36. The number of carbonyl (C=O) groups excluding carboxylic acids is 1. The highest BCUT2D eigenvalue weighted by Gasteiger charge is 2.29. The number of thiophene rings is 1. The van der Waals surface area contributed by atoms with Crippen LogP contribution in [0.5, 0.6) is 0 Å². The minimum absolute atomic E-state index is 0.239. The number of ether oxygens (including phenoxy) is 1. The summed E-state index contributed by atoms with van der Waals surface area (Å²) in [6.45, 7) is 5.77. The average molecular weight is 419 g/mol. The van der Waals surface area contributed by atoms with Gasteiger partial charge in [0.05, 0.1) is 12.5 Å². The molecule has 0 N–H and O–H groups in total.